The Kier molecular flexibility index (Phi) is 4.92. The highest BCUT2D eigenvalue weighted by molar-refractivity contribution is 7.09. The first-order chi connectivity index (χ1) is 11.1. The average molecular weight is 332 g/mol. The van der Waals surface area contributed by atoms with E-state index in [0.29, 0.717) is 12.5 Å². The molecule has 2 aromatic rings. The highest BCUT2D eigenvalue weighted by atomic mass is 32.1. The number of aromatic nitrogens is 3. The molecule has 0 saturated carbocycles. The van der Waals surface area contributed by atoms with Crippen LogP contribution in [0.4, 0.5) is 0 Å². The summed E-state index contributed by atoms with van der Waals surface area (Å²) < 4.78 is 0. The third-order valence-corrected chi connectivity index (χ3v) is 5.33. The van der Waals surface area contributed by atoms with Crippen LogP contribution in [-0.4, -0.2) is 26.4 Å². The normalized spacial score (nSPS) is 15.1. The number of rotatable bonds is 5. The Morgan fingerprint density at radius 3 is 2.91 bits per heavy atom. The molecule has 0 amide bonds. The lowest BCUT2D eigenvalue weighted by Gasteiger charge is -2.27. The first kappa shape index (κ1) is 16.3. The van der Waals surface area contributed by atoms with E-state index in [1.165, 1.54) is 5.01 Å². The highest BCUT2D eigenvalue weighted by Crippen LogP contribution is 2.22. The molecule has 0 aromatic carbocycles. The van der Waals surface area contributed by atoms with Crippen LogP contribution in [0.5, 0.6) is 0 Å². The standard InChI is InChI=1S/C17H24N4OS/c1-4-5-15-19-14-6-7-21(9-13(14)16(22)20-15)8-12-10-23-17(18-12)11(2)3/h10-11H,4-9H2,1-3H3,(H,19,20,22). The average Bonchev–Trinajstić information content (AvgIpc) is 2.97. The maximum Gasteiger partial charge on any atom is 0.255 e. The molecule has 2 aromatic heterocycles. The van der Waals surface area contributed by atoms with Gasteiger partial charge in [0.2, 0.25) is 0 Å². The predicted octanol–water partition coefficient (Wildman–Crippen LogP) is 2.86. The molecule has 0 aliphatic carbocycles. The molecule has 3 heterocycles. The number of hydrogen-bond donors (Lipinski definition) is 1. The van der Waals surface area contributed by atoms with Gasteiger partial charge in [0.05, 0.1) is 22.0 Å². The van der Waals surface area contributed by atoms with Gasteiger partial charge in [0, 0.05) is 43.8 Å². The van der Waals surface area contributed by atoms with E-state index < -0.39 is 0 Å². The van der Waals surface area contributed by atoms with Gasteiger partial charge in [-0.15, -0.1) is 11.3 Å². The molecular formula is C17H24N4OS. The Labute approximate surface area is 140 Å². The minimum atomic E-state index is 0.0318. The van der Waals surface area contributed by atoms with E-state index in [4.69, 9.17) is 4.98 Å². The Morgan fingerprint density at radius 2 is 2.22 bits per heavy atom. The van der Waals surface area contributed by atoms with Crippen LogP contribution < -0.4 is 5.56 Å². The number of nitrogens with zero attached hydrogens (tertiary/aromatic N) is 3. The molecule has 0 bridgehead atoms. The van der Waals surface area contributed by atoms with Crippen LogP contribution in [0, 0.1) is 0 Å². The first-order valence-electron chi connectivity index (χ1n) is 8.34. The Bertz CT molecular complexity index is 734. The van der Waals surface area contributed by atoms with Crippen LogP contribution in [0.3, 0.4) is 0 Å². The van der Waals surface area contributed by atoms with Crippen molar-refractivity contribution in [3.63, 3.8) is 0 Å². The van der Waals surface area contributed by atoms with Crippen molar-refractivity contribution in [3.8, 4) is 0 Å². The summed E-state index contributed by atoms with van der Waals surface area (Å²) in [5.41, 5.74) is 2.95. The molecule has 1 N–H and O–H groups in total. The number of hydrogen-bond acceptors (Lipinski definition) is 5. The summed E-state index contributed by atoms with van der Waals surface area (Å²) in [5.74, 6) is 1.30. The lowest BCUT2D eigenvalue weighted by Crippen LogP contribution is -2.35. The number of thiazole rings is 1. The lowest BCUT2D eigenvalue weighted by atomic mass is 10.1. The smallest absolute Gasteiger partial charge is 0.255 e. The van der Waals surface area contributed by atoms with Gasteiger partial charge in [-0.1, -0.05) is 20.8 Å². The summed E-state index contributed by atoms with van der Waals surface area (Å²) in [6.45, 7) is 8.83. The molecule has 5 nitrogen and oxygen atoms in total. The van der Waals surface area contributed by atoms with E-state index in [1.807, 2.05) is 0 Å². The van der Waals surface area contributed by atoms with Crippen LogP contribution in [0.15, 0.2) is 10.2 Å². The molecular weight excluding hydrogens is 308 g/mol. The van der Waals surface area contributed by atoms with Crippen LogP contribution in [-0.2, 0) is 25.9 Å². The largest absolute Gasteiger partial charge is 0.310 e. The molecule has 0 saturated heterocycles. The summed E-state index contributed by atoms with van der Waals surface area (Å²) >= 11 is 1.72. The molecule has 3 rings (SSSR count). The van der Waals surface area contributed by atoms with Crippen molar-refractivity contribution in [1.29, 1.82) is 0 Å². The van der Waals surface area contributed by atoms with Gasteiger partial charge < -0.3 is 4.98 Å². The fraction of sp³-hybridized carbons (Fsp3) is 0.588. The zero-order valence-electron chi connectivity index (χ0n) is 14.1. The number of nitrogens with one attached hydrogen (secondary N) is 1. The van der Waals surface area contributed by atoms with Crippen LogP contribution in [0.2, 0.25) is 0 Å². The second kappa shape index (κ2) is 6.93. The van der Waals surface area contributed by atoms with Gasteiger partial charge in [-0.05, 0) is 6.42 Å². The first-order valence-corrected chi connectivity index (χ1v) is 9.22. The fourth-order valence-electron chi connectivity index (χ4n) is 2.91. The molecule has 1 aliphatic rings. The van der Waals surface area contributed by atoms with E-state index in [1.54, 1.807) is 11.3 Å². The third kappa shape index (κ3) is 3.70. The Hall–Kier alpha value is -1.53. The summed E-state index contributed by atoms with van der Waals surface area (Å²) in [7, 11) is 0. The van der Waals surface area contributed by atoms with Crippen LogP contribution >= 0.6 is 11.3 Å². The molecule has 0 spiro atoms. The molecule has 1 aliphatic heterocycles. The molecule has 6 heteroatoms. The molecule has 124 valence electrons. The summed E-state index contributed by atoms with van der Waals surface area (Å²) in [6.07, 6.45) is 2.68. The van der Waals surface area contributed by atoms with Crippen LogP contribution in [0.25, 0.3) is 0 Å². The summed E-state index contributed by atoms with van der Waals surface area (Å²) in [4.78, 5) is 26.9. The zero-order valence-corrected chi connectivity index (χ0v) is 14.9. The van der Waals surface area contributed by atoms with E-state index >= 15 is 0 Å². The van der Waals surface area contributed by atoms with Gasteiger partial charge in [-0.25, -0.2) is 9.97 Å². The van der Waals surface area contributed by atoms with Crippen LogP contribution in [0.1, 0.15) is 60.9 Å². The monoisotopic (exact) mass is 332 g/mol. The topological polar surface area (TPSA) is 61.9 Å². The highest BCUT2D eigenvalue weighted by Gasteiger charge is 2.21. The van der Waals surface area contributed by atoms with E-state index in [0.717, 1.165) is 55.1 Å². The molecule has 23 heavy (non-hydrogen) atoms. The lowest BCUT2D eigenvalue weighted by molar-refractivity contribution is 0.239. The molecule has 0 fully saturated rings. The zero-order chi connectivity index (χ0) is 16.4. The molecule has 0 atom stereocenters. The summed E-state index contributed by atoms with van der Waals surface area (Å²) in [5, 5.41) is 3.32. The second-order valence-corrected chi connectivity index (χ2v) is 7.37. The van der Waals surface area contributed by atoms with Crippen molar-refractivity contribution in [2.45, 2.75) is 59.0 Å². The maximum atomic E-state index is 12.3. The molecule has 0 radical (unpaired) electrons. The number of fused-ring (bicyclic) bond motifs is 1. The minimum Gasteiger partial charge on any atom is -0.310 e. The van der Waals surface area contributed by atoms with Crippen molar-refractivity contribution in [2.24, 2.45) is 0 Å². The maximum absolute atomic E-state index is 12.3. The predicted molar refractivity (Wildman–Crippen MR) is 92.9 cm³/mol. The van der Waals surface area contributed by atoms with Gasteiger partial charge >= 0.3 is 0 Å². The Morgan fingerprint density at radius 1 is 1.39 bits per heavy atom. The van der Waals surface area contributed by atoms with Crippen molar-refractivity contribution in [3.05, 3.63) is 43.5 Å². The number of H-pyrrole nitrogens is 1. The van der Waals surface area contributed by atoms with Crippen molar-refractivity contribution in [2.75, 3.05) is 6.54 Å². The van der Waals surface area contributed by atoms with Crippen molar-refractivity contribution in [1.82, 2.24) is 19.9 Å². The van der Waals surface area contributed by atoms with Gasteiger partial charge in [0.1, 0.15) is 5.82 Å². The Balaban J connectivity index is 1.73. The second-order valence-electron chi connectivity index (χ2n) is 6.48. The minimum absolute atomic E-state index is 0.0318. The van der Waals surface area contributed by atoms with Gasteiger partial charge in [0.25, 0.3) is 5.56 Å². The van der Waals surface area contributed by atoms with E-state index in [-0.39, 0.29) is 5.56 Å². The van der Waals surface area contributed by atoms with E-state index in [9.17, 15) is 4.79 Å². The van der Waals surface area contributed by atoms with Crippen molar-refractivity contribution >= 4 is 11.3 Å². The third-order valence-electron chi connectivity index (χ3n) is 4.13. The van der Waals surface area contributed by atoms with Crippen molar-refractivity contribution < 1.29 is 0 Å². The summed E-state index contributed by atoms with van der Waals surface area (Å²) in [6, 6.07) is 0. The van der Waals surface area contributed by atoms with Gasteiger partial charge in [0.15, 0.2) is 0 Å². The molecule has 0 unspecified atom stereocenters. The fourth-order valence-corrected chi connectivity index (χ4v) is 3.74. The number of aromatic amines is 1. The van der Waals surface area contributed by atoms with Gasteiger partial charge in [-0.2, -0.15) is 0 Å². The SMILES string of the molecule is CCCc1nc2c(c(=O)[nH]1)CN(Cc1csc(C(C)C)n1)CC2. The number of aryl methyl sites for hydroxylation is 1. The quantitative estimate of drug-likeness (QED) is 0.914. The van der Waals surface area contributed by atoms with E-state index in [2.05, 4.69) is 41.0 Å². The van der Waals surface area contributed by atoms with Gasteiger partial charge in [-0.3, -0.25) is 9.69 Å².